The molecule has 2 unspecified atom stereocenters. The van der Waals surface area contributed by atoms with Gasteiger partial charge in [0.1, 0.15) is 0 Å². The number of alkyl halides is 2. The van der Waals surface area contributed by atoms with E-state index in [2.05, 4.69) is 0 Å². The van der Waals surface area contributed by atoms with Gasteiger partial charge in [0.2, 0.25) is 11.8 Å². The molecule has 0 saturated heterocycles. The van der Waals surface area contributed by atoms with Crippen LogP contribution in [-0.4, -0.2) is 17.9 Å². The number of hydrogen-bond acceptors (Lipinski definition) is 2. The molecule has 0 bridgehead atoms. The molecule has 1 rings (SSSR count). The second-order valence-electron chi connectivity index (χ2n) is 3.69. The SMILES string of the molecule is NC(=O)CC(N)C1CCC(F)(F)C1. The van der Waals surface area contributed by atoms with Crippen LogP contribution in [0.3, 0.4) is 0 Å². The Morgan fingerprint density at radius 1 is 1.62 bits per heavy atom. The van der Waals surface area contributed by atoms with Gasteiger partial charge in [0.15, 0.2) is 0 Å². The predicted octanol–water partition coefficient (Wildman–Crippen LogP) is 0.624. The van der Waals surface area contributed by atoms with Crippen molar-refractivity contribution < 1.29 is 13.6 Å². The number of carbonyl (C=O) groups is 1. The van der Waals surface area contributed by atoms with Gasteiger partial charge in [-0.2, -0.15) is 0 Å². The molecule has 1 saturated carbocycles. The van der Waals surface area contributed by atoms with Crippen molar-refractivity contribution in [3.05, 3.63) is 0 Å². The Hall–Kier alpha value is -0.710. The lowest BCUT2D eigenvalue weighted by Crippen LogP contribution is -2.34. The van der Waals surface area contributed by atoms with Gasteiger partial charge >= 0.3 is 0 Å². The summed E-state index contributed by atoms with van der Waals surface area (Å²) < 4.78 is 25.4. The Kier molecular flexibility index (Phi) is 2.85. The molecule has 0 aromatic carbocycles. The van der Waals surface area contributed by atoms with Crippen LogP contribution in [0.2, 0.25) is 0 Å². The molecule has 1 fully saturated rings. The molecule has 1 aliphatic carbocycles. The third-order valence-corrected chi connectivity index (χ3v) is 2.48. The molecule has 4 N–H and O–H groups in total. The van der Waals surface area contributed by atoms with Gasteiger partial charge in [-0.3, -0.25) is 4.79 Å². The fourth-order valence-corrected chi connectivity index (χ4v) is 1.75. The standard InChI is InChI=1S/C8H14F2N2O/c9-8(10)2-1-5(4-8)6(11)3-7(12)13/h5-6H,1-4,11H2,(H2,12,13). The van der Waals surface area contributed by atoms with Gasteiger partial charge < -0.3 is 11.5 Å². The molecule has 0 aromatic rings. The van der Waals surface area contributed by atoms with Crippen LogP contribution in [-0.2, 0) is 4.79 Å². The number of nitrogens with two attached hydrogens (primary N) is 2. The van der Waals surface area contributed by atoms with Crippen molar-refractivity contribution in [3.8, 4) is 0 Å². The summed E-state index contributed by atoms with van der Waals surface area (Å²) >= 11 is 0. The number of halogens is 2. The summed E-state index contributed by atoms with van der Waals surface area (Å²) in [6, 6.07) is -0.508. The van der Waals surface area contributed by atoms with Crippen LogP contribution in [0, 0.1) is 5.92 Å². The third-order valence-electron chi connectivity index (χ3n) is 2.48. The molecule has 3 nitrogen and oxygen atoms in total. The molecule has 13 heavy (non-hydrogen) atoms. The largest absolute Gasteiger partial charge is 0.370 e. The van der Waals surface area contributed by atoms with Crippen molar-refractivity contribution in [1.82, 2.24) is 0 Å². The van der Waals surface area contributed by atoms with Gasteiger partial charge in [-0.1, -0.05) is 0 Å². The lowest BCUT2D eigenvalue weighted by Gasteiger charge is -2.17. The maximum absolute atomic E-state index is 12.7. The quantitative estimate of drug-likeness (QED) is 0.688. The third kappa shape index (κ3) is 2.91. The molecule has 1 amide bonds. The van der Waals surface area contributed by atoms with Crippen LogP contribution in [0.5, 0.6) is 0 Å². The summed E-state index contributed by atoms with van der Waals surface area (Å²) in [4.78, 5) is 10.5. The number of hydrogen-bond donors (Lipinski definition) is 2. The number of amides is 1. The highest BCUT2D eigenvalue weighted by molar-refractivity contribution is 5.74. The van der Waals surface area contributed by atoms with Crippen LogP contribution < -0.4 is 11.5 Å². The minimum atomic E-state index is -2.60. The Bertz CT molecular complexity index is 208. The van der Waals surface area contributed by atoms with E-state index >= 15 is 0 Å². The van der Waals surface area contributed by atoms with E-state index in [4.69, 9.17) is 11.5 Å². The Morgan fingerprint density at radius 3 is 2.62 bits per heavy atom. The Labute approximate surface area is 75.5 Å². The molecule has 76 valence electrons. The highest BCUT2D eigenvalue weighted by Crippen LogP contribution is 2.40. The average molecular weight is 192 g/mol. The van der Waals surface area contributed by atoms with E-state index in [9.17, 15) is 13.6 Å². The fraction of sp³-hybridized carbons (Fsp3) is 0.875. The van der Waals surface area contributed by atoms with Gasteiger partial charge in [-0.15, -0.1) is 0 Å². The maximum Gasteiger partial charge on any atom is 0.248 e. The van der Waals surface area contributed by atoms with Gasteiger partial charge in [-0.05, 0) is 12.3 Å². The lowest BCUT2D eigenvalue weighted by atomic mass is 9.96. The molecule has 5 heteroatoms. The van der Waals surface area contributed by atoms with E-state index in [0.717, 1.165) is 0 Å². The Morgan fingerprint density at radius 2 is 2.23 bits per heavy atom. The molecule has 0 spiro atoms. The summed E-state index contributed by atoms with van der Waals surface area (Å²) in [5, 5.41) is 0. The zero-order valence-electron chi connectivity index (χ0n) is 7.30. The fourth-order valence-electron chi connectivity index (χ4n) is 1.75. The van der Waals surface area contributed by atoms with Crippen LogP contribution in [0.1, 0.15) is 25.7 Å². The van der Waals surface area contributed by atoms with E-state index in [1.807, 2.05) is 0 Å². The highest BCUT2D eigenvalue weighted by Gasteiger charge is 2.41. The van der Waals surface area contributed by atoms with Crippen molar-refractivity contribution in [1.29, 1.82) is 0 Å². The Balaban J connectivity index is 2.42. The van der Waals surface area contributed by atoms with Crippen molar-refractivity contribution >= 4 is 5.91 Å². The molecule has 1 aliphatic rings. The first-order valence-corrected chi connectivity index (χ1v) is 4.32. The summed E-state index contributed by atoms with van der Waals surface area (Å²) in [7, 11) is 0. The first-order chi connectivity index (χ1) is 5.91. The minimum absolute atomic E-state index is 0.000741. The van der Waals surface area contributed by atoms with Gasteiger partial charge in [0.05, 0.1) is 0 Å². The normalized spacial score (nSPS) is 28.7. The molecule has 0 heterocycles. The number of carbonyl (C=O) groups excluding carboxylic acids is 1. The predicted molar refractivity (Wildman–Crippen MR) is 44.1 cm³/mol. The van der Waals surface area contributed by atoms with E-state index in [1.165, 1.54) is 0 Å². The smallest absolute Gasteiger partial charge is 0.248 e. The molecule has 0 aliphatic heterocycles. The van der Waals surface area contributed by atoms with Crippen LogP contribution in [0.4, 0.5) is 8.78 Å². The first kappa shape index (κ1) is 10.4. The summed E-state index contributed by atoms with van der Waals surface area (Å²) in [6.07, 6.45) is 0.0633. The van der Waals surface area contributed by atoms with Crippen molar-refractivity contribution in [2.45, 2.75) is 37.6 Å². The molecule has 0 radical (unpaired) electrons. The zero-order valence-corrected chi connectivity index (χ0v) is 7.30. The lowest BCUT2D eigenvalue weighted by molar-refractivity contribution is -0.118. The molecule has 0 aromatic heterocycles. The van der Waals surface area contributed by atoms with Crippen molar-refractivity contribution in [3.63, 3.8) is 0 Å². The summed E-state index contributed by atoms with van der Waals surface area (Å²) in [5.41, 5.74) is 10.5. The average Bonchev–Trinajstić information content (AvgIpc) is 2.28. The highest BCUT2D eigenvalue weighted by atomic mass is 19.3. The summed E-state index contributed by atoms with van der Waals surface area (Å²) in [6.45, 7) is 0. The van der Waals surface area contributed by atoms with Crippen LogP contribution in [0.15, 0.2) is 0 Å². The van der Waals surface area contributed by atoms with Gasteiger partial charge in [0, 0.05) is 25.3 Å². The summed E-state index contributed by atoms with van der Waals surface area (Å²) in [5.74, 6) is -3.38. The van der Waals surface area contributed by atoms with Gasteiger partial charge in [0.25, 0.3) is 0 Å². The number of rotatable bonds is 3. The second kappa shape index (κ2) is 3.57. The topological polar surface area (TPSA) is 69.1 Å². The van der Waals surface area contributed by atoms with Crippen LogP contribution >= 0.6 is 0 Å². The van der Waals surface area contributed by atoms with Crippen molar-refractivity contribution in [2.75, 3.05) is 0 Å². The second-order valence-corrected chi connectivity index (χ2v) is 3.69. The maximum atomic E-state index is 12.7. The van der Waals surface area contributed by atoms with E-state index in [-0.39, 0.29) is 25.2 Å². The number of primary amides is 1. The first-order valence-electron chi connectivity index (χ1n) is 4.32. The van der Waals surface area contributed by atoms with E-state index in [0.29, 0.717) is 6.42 Å². The van der Waals surface area contributed by atoms with Crippen molar-refractivity contribution in [2.24, 2.45) is 17.4 Å². The van der Waals surface area contributed by atoms with Crippen LogP contribution in [0.25, 0.3) is 0 Å². The molecular formula is C8H14F2N2O. The zero-order chi connectivity index (χ0) is 10.1. The van der Waals surface area contributed by atoms with E-state index in [1.54, 1.807) is 0 Å². The minimum Gasteiger partial charge on any atom is -0.370 e. The molecule has 2 atom stereocenters. The van der Waals surface area contributed by atoms with E-state index < -0.39 is 17.9 Å². The monoisotopic (exact) mass is 192 g/mol. The molecular weight excluding hydrogens is 178 g/mol. The van der Waals surface area contributed by atoms with Gasteiger partial charge in [-0.25, -0.2) is 8.78 Å².